The highest BCUT2D eigenvalue weighted by Crippen LogP contribution is 2.24. The lowest BCUT2D eigenvalue weighted by atomic mass is 10.2. The first-order chi connectivity index (χ1) is 12.6. The predicted octanol–water partition coefficient (Wildman–Crippen LogP) is 2.80. The summed E-state index contributed by atoms with van der Waals surface area (Å²) in [5.41, 5.74) is 2.97. The van der Waals surface area contributed by atoms with Gasteiger partial charge in [0.25, 0.3) is 0 Å². The molecule has 0 saturated carbocycles. The van der Waals surface area contributed by atoms with Gasteiger partial charge < -0.3 is 14.8 Å². The maximum atomic E-state index is 12.5. The fraction of sp³-hybridized carbons (Fsp3) is 0.105. The number of imidazole rings is 1. The topological polar surface area (TPSA) is 93.0 Å². The first kappa shape index (κ1) is 15.9. The molecule has 0 aliphatic heterocycles. The highest BCUT2D eigenvalue weighted by Gasteiger charge is 2.14. The number of nitrogens with zero attached hydrogens (tertiary/aromatic N) is 3. The molecule has 7 nitrogen and oxygen atoms in total. The molecule has 7 heteroatoms. The minimum Gasteiger partial charge on any atom is -0.508 e. The van der Waals surface area contributed by atoms with Crippen LogP contribution in [-0.2, 0) is 0 Å². The minimum atomic E-state index is -0.296. The summed E-state index contributed by atoms with van der Waals surface area (Å²) in [4.78, 5) is 24.1. The fourth-order valence-corrected chi connectivity index (χ4v) is 2.91. The molecule has 0 spiro atoms. The van der Waals surface area contributed by atoms with Crippen molar-refractivity contribution in [3.8, 4) is 28.6 Å². The SMILES string of the molecule is COc1ccc(-n2c(=O)[nH]c3cnc(-c4cccc(O)c4)nc32)c(C)c1. The van der Waals surface area contributed by atoms with Crippen molar-refractivity contribution in [3.63, 3.8) is 0 Å². The van der Waals surface area contributed by atoms with Crippen LogP contribution in [0.5, 0.6) is 11.5 Å². The monoisotopic (exact) mass is 348 g/mol. The highest BCUT2D eigenvalue weighted by molar-refractivity contribution is 5.75. The number of aromatic amines is 1. The van der Waals surface area contributed by atoms with Crippen LogP contribution in [0.25, 0.3) is 28.2 Å². The zero-order valence-corrected chi connectivity index (χ0v) is 14.2. The molecule has 0 amide bonds. The third-order valence-electron chi connectivity index (χ3n) is 4.17. The molecule has 0 atom stereocenters. The number of ether oxygens (including phenoxy) is 1. The number of aromatic nitrogens is 4. The lowest BCUT2D eigenvalue weighted by molar-refractivity contribution is 0.414. The number of hydrogen-bond acceptors (Lipinski definition) is 5. The Hall–Kier alpha value is -3.61. The van der Waals surface area contributed by atoms with Crippen LogP contribution in [0.2, 0.25) is 0 Å². The van der Waals surface area contributed by atoms with E-state index in [4.69, 9.17) is 4.74 Å². The van der Waals surface area contributed by atoms with E-state index in [9.17, 15) is 9.90 Å². The average Bonchev–Trinajstić information content (AvgIpc) is 2.96. The van der Waals surface area contributed by atoms with Gasteiger partial charge in [-0.25, -0.2) is 19.3 Å². The van der Waals surface area contributed by atoms with Gasteiger partial charge in [-0.3, -0.25) is 0 Å². The van der Waals surface area contributed by atoms with E-state index in [1.165, 1.54) is 4.57 Å². The van der Waals surface area contributed by atoms with E-state index < -0.39 is 0 Å². The third kappa shape index (κ3) is 2.59. The molecular weight excluding hydrogens is 332 g/mol. The van der Waals surface area contributed by atoms with Crippen LogP contribution in [0.1, 0.15) is 5.56 Å². The molecule has 26 heavy (non-hydrogen) atoms. The summed E-state index contributed by atoms with van der Waals surface area (Å²) in [6.45, 7) is 1.90. The number of rotatable bonds is 3. The van der Waals surface area contributed by atoms with Crippen LogP contribution < -0.4 is 10.4 Å². The molecule has 4 rings (SSSR count). The summed E-state index contributed by atoms with van der Waals surface area (Å²) in [6, 6.07) is 12.1. The van der Waals surface area contributed by atoms with Crippen molar-refractivity contribution in [3.05, 3.63) is 64.7 Å². The number of nitrogens with one attached hydrogen (secondary N) is 1. The third-order valence-corrected chi connectivity index (χ3v) is 4.17. The standard InChI is InChI=1S/C19H16N4O3/c1-11-8-14(26-2)6-7-16(11)23-18-15(21-19(23)25)10-20-17(22-18)12-4-3-5-13(24)9-12/h3-10,24H,1-2H3,(H,21,25). The Morgan fingerprint density at radius 1 is 1.19 bits per heavy atom. The number of methoxy groups -OCH3 is 1. The van der Waals surface area contributed by atoms with Gasteiger partial charge in [0.15, 0.2) is 11.5 Å². The fourth-order valence-electron chi connectivity index (χ4n) is 2.91. The number of phenols is 1. The number of aromatic hydroxyl groups is 1. The van der Waals surface area contributed by atoms with E-state index in [2.05, 4.69) is 15.0 Å². The molecule has 0 unspecified atom stereocenters. The van der Waals surface area contributed by atoms with Gasteiger partial charge in [0.1, 0.15) is 17.0 Å². The van der Waals surface area contributed by atoms with E-state index in [1.807, 2.05) is 19.1 Å². The van der Waals surface area contributed by atoms with Gasteiger partial charge in [-0.05, 0) is 42.8 Å². The van der Waals surface area contributed by atoms with E-state index in [1.54, 1.807) is 43.6 Å². The van der Waals surface area contributed by atoms with Crippen molar-refractivity contribution < 1.29 is 9.84 Å². The van der Waals surface area contributed by atoms with Crippen molar-refractivity contribution in [1.29, 1.82) is 0 Å². The molecule has 0 aliphatic carbocycles. The molecule has 130 valence electrons. The second-order valence-corrected chi connectivity index (χ2v) is 5.90. The van der Waals surface area contributed by atoms with Crippen LogP contribution in [-0.4, -0.2) is 31.7 Å². The second kappa shape index (κ2) is 6.03. The zero-order chi connectivity index (χ0) is 18.3. The van der Waals surface area contributed by atoms with Gasteiger partial charge in [-0.1, -0.05) is 12.1 Å². The van der Waals surface area contributed by atoms with Crippen LogP contribution in [0.4, 0.5) is 0 Å². The molecule has 2 heterocycles. The normalized spacial score (nSPS) is 11.0. The number of aryl methyl sites for hydroxylation is 1. The number of H-pyrrole nitrogens is 1. The Balaban J connectivity index is 1.94. The Labute approximate surface area is 148 Å². The lowest BCUT2D eigenvalue weighted by Crippen LogP contribution is -2.16. The van der Waals surface area contributed by atoms with Crippen LogP contribution >= 0.6 is 0 Å². The molecule has 0 radical (unpaired) electrons. The predicted molar refractivity (Wildman–Crippen MR) is 97.9 cm³/mol. The van der Waals surface area contributed by atoms with Crippen molar-refractivity contribution in [2.75, 3.05) is 7.11 Å². The zero-order valence-electron chi connectivity index (χ0n) is 14.2. The molecule has 0 bridgehead atoms. The maximum absolute atomic E-state index is 12.5. The van der Waals surface area contributed by atoms with Crippen LogP contribution in [0.15, 0.2) is 53.5 Å². The summed E-state index contributed by atoms with van der Waals surface area (Å²) in [5, 5.41) is 9.68. The molecule has 4 aromatic rings. The molecule has 2 N–H and O–H groups in total. The number of hydrogen-bond donors (Lipinski definition) is 2. The van der Waals surface area contributed by atoms with Gasteiger partial charge in [-0.15, -0.1) is 0 Å². The average molecular weight is 348 g/mol. The lowest BCUT2D eigenvalue weighted by Gasteiger charge is -2.09. The van der Waals surface area contributed by atoms with Crippen LogP contribution in [0, 0.1) is 6.92 Å². The minimum absolute atomic E-state index is 0.128. The molecule has 2 aromatic heterocycles. The Morgan fingerprint density at radius 2 is 2.04 bits per heavy atom. The van der Waals surface area contributed by atoms with E-state index in [0.29, 0.717) is 34.0 Å². The molecule has 2 aromatic carbocycles. The van der Waals surface area contributed by atoms with Crippen molar-refractivity contribution in [1.82, 2.24) is 19.5 Å². The first-order valence-corrected chi connectivity index (χ1v) is 7.99. The van der Waals surface area contributed by atoms with E-state index >= 15 is 0 Å². The quantitative estimate of drug-likeness (QED) is 0.594. The summed E-state index contributed by atoms with van der Waals surface area (Å²) in [7, 11) is 1.60. The van der Waals surface area contributed by atoms with Crippen molar-refractivity contribution in [2.24, 2.45) is 0 Å². The summed E-state index contributed by atoms with van der Waals surface area (Å²) >= 11 is 0. The molecule has 0 fully saturated rings. The number of fused-ring (bicyclic) bond motifs is 1. The van der Waals surface area contributed by atoms with Crippen LogP contribution in [0.3, 0.4) is 0 Å². The Kier molecular flexibility index (Phi) is 3.69. The largest absolute Gasteiger partial charge is 0.508 e. The van der Waals surface area contributed by atoms with Gasteiger partial charge in [0, 0.05) is 5.56 Å². The molecule has 0 aliphatic rings. The Bertz CT molecular complexity index is 1180. The van der Waals surface area contributed by atoms with Crippen molar-refractivity contribution >= 4 is 11.2 Å². The summed E-state index contributed by atoms with van der Waals surface area (Å²) in [6.07, 6.45) is 1.57. The van der Waals surface area contributed by atoms with Crippen molar-refractivity contribution in [2.45, 2.75) is 6.92 Å². The highest BCUT2D eigenvalue weighted by atomic mass is 16.5. The smallest absolute Gasteiger partial charge is 0.332 e. The van der Waals surface area contributed by atoms with Gasteiger partial charge in [-0.2, -0.15) is 0 Å². The Morgan fingerprint density at radius 3 is 2.77 bits per heavy atom. The molecule has 0 saturated heterocycles. The maximum Gasteiger partial charge on any atom is 0.332 e. The first-order valence-electron chi connectivity index (χ1n) is 7.99. The van der Waals surface area contributed by atoms with Gasteiger partial charge in [0.05, 0.1) is 19.0 Å². The van der Waals surface area contributed by atoms with E-state index in [-0.39, 0.29) is 11.4 Å². The molecular formula is C19H16N4O3. The second-order valence-electron chi connectivity index (χ2n) is 5.90. The summed E-state index contributed by atoms with van der Waals surface area (Å²) < 4.78 is 6.74. The summed E-state index contributed by atoms with van der Waals surface area (Å²) in [5.74, 6) is 1.27. The number of benzene rings is 2. The van der Waals surface area contributed by atoms with E-state index in [0.717, 1.165) is 5.56 Å². The number of phenolic OH excluding ortho intramolecular Hbond substituents is 1. The van der Waals surface area contributed by atoms with Gasteiger partial charge in [0.2, 0.25) is 0 Å². The van der Waals surface area contributed by atoms with Gasteiger partial charge >= 0.3 is 5.69 Å².